The lowest BCUT2D eigenvalue weighted by molar-refractivity contribution is -0.146. The van der Waals surface area contributed by atoms with Crippen LogP contribution >= 0.6 is 11.3 Å². The van der Waals surface area contributed by atoms with E-state index in [-0.39, 0.29) is 23.9 Å². The molecule has 3 aliphatic heterocycles. The van der Waals surface area contributed by atoms with Gasteiger partial charge in [-0.1, -0.05) is 6.08 Å². The first-order valence-electron chi connectivity index (χ1n) is 9.07. The lowest BCUT2D eigenvalue weighted by Crippen LogP contribution is -2.70. The van der Waals surface area contributed by atoms with Gasteiger partial charge in [-0.25, -0.2) is 0 Å². The molecule has 134 valence electrons. The fraction of sp³-hybridized carbons (Fsp3) is 0.579. The van der Waals surface area contributed by atoms with E-state index < -0.39 is 0 Å². The number of piperazine rings is 1. The molecule has 2 bridgehead atoms. The van der Waals surface area contributed by atoms with Gasteiger partial charge in [-0.15, -0.1) is 11.3 Å². The van der Waals surface area contributed by atoms with Crippen molar-refractivity contribution >= 4 is 23.2 Å². The Morgan fingerprint density at radius 3 is 2.72 bits per heavy atom. The third-order valence-electron chi connectivity index (χ3n) is 5.42. The second-order valence-electron chi connectivity index (χ2n) is 7.58. The molecule has 3 saturated heterocycles. The summed E-state index contributed by atoms with van der Waals surface area (Å²) in [7, 11) is 3.97. The summed E-state index contributed by atoms with van der Waals surface area (Å²) < 4.78 is 0. The summed E-state index contributed by atoms with van der Waals surface area (Å²) in [5, 5.41) is 0. The molecule has 1 aromatic heterocycles. The molecule has 0 saturated carbocycles. The van der Waals surface area contributed by atoms with Crippen LogP contribution in [0.3, 0.4) is 0 Å². The number of nitrogens with zero attached hydrogens (tertiary/aromatic N) is 3. The largest absolute Gasteiger partial charge is 0.334 e. The van der Waals surface area contributed by atoms with Crippen molar-refractivity contribution in [1.29, 1.82) is 0 Å². The second-order valence-corrected chi connectivity index (χ2v) is 8.71. The summed E-state index contributed by atoms with van der Waals surface area (Å²) in [6, 6.07) is 2.47. The molecule has 3 fully saturated rings. The van der Waals surface area contributed by atoms with Crippen molar-refractivity contribution in [2.24, 2.45) is 0 Å². The van der Waals surface area contributed by atoms with Crippen LogP contribution in [0.5, 0.6) is 0 Å². The van der Waals surface area contributed by atoms with Gasteiger partial charge < -0.3 is 14.7 Å². The van der Waals surface area contributed by atoms with E-state index >= 15 is 0 Å². The predicted molar refractivity (Wildman–Crippen MR) is 99.0 cm³/mol. The molecule has 25 heavy (non-hydrogen) atoms. The molecular formula is C19H25N3O2S. The lowest BCUT2D eigenvalue weighted by atomic mass is 9.87. The van der Waals surface area contributed by atoms with Crippen molar-refractivity contribution in [1.82, 2.24) is 14.7 Å². The average Bonchev–Trinajstić information content (AvgIpc) is 3.15. The molecule has 0 aromatic carbocycles. The highest BCUT2D eigenvalue weighted by atomic mass is 32.1. The molecule has 0 spiro atoms. The summed E-state index contributed by atoms with van der Waals surface area (Å²) in [6.45, 7) is 2.11. The van der Waals surface area contributed by atoms with Crippen molar-refractivity contribution in [3.8, 4) is 0 Å². The first kappa shape index (κ1) is 16.8. The number of aryl methyl sites for hydroxylation is 2. The molecule has 2 unspecified atom stereocenters. The van der Waals surface area contributed by atoms with Crippen LogP contribution in [0, 0.1) is 0 Å². The van der Waals surface area contributed by atoms with E-state index in [9.17, 15) is 9.59 Å². The van der Waals surface area contributed by atoms with Crippen LogP contribution in [0.4, 0.5) is 0 Å². The molecule has 0 N–H and O–H groups in total. The number of hydrogen-bond donors (Lipinski definition) is 0. The maximum absolute atomic E-state index is 12.8. The Balaban J connectivity index is 1.37. The molecule has 4 heterocycles. The minimum absolute atomic E-state index is 0.0882. The third-order valence-corrected chi connectivity index (χ3v) is 6.65. The molecule has 2 amide bonds. The molecule has 0 radical (unpaired) electrons. The lowest BCUT2D eigenvalue weighted by Gasteiger charge is -2.55. The van der Waals surface area contributed by atoms with Crippen molar-refractivity contribution in [2.75, 3.05) is 33.7 Å². The zero-order valence-corrected chi connectivity index (χ0v) is 15.7. The highest BCUT2D eigenvalue weighted by Crippen LogP contribution is 2.35. The quantitative estimate of drug-likeness (QED) is 0.770. The summed E-state index contributed by atoms with van der Waals surface area (Å²) in [6.07, 6.45) is 8.08. The van der Waals surface area contributed by atoms with E-state index in [0.29, 0.717) is 13.1 Å². The summed E-state index contributed by atoms with van der Waals surface area (Å²) >= 11 is 1.67. The van der Waals surface area contributed by atoms with Crippen LogP contribution in [-0.2, 0) is 17.6 Å². The summed E-state index contributed by atoms with van der Waals surface area (Å²) in [5.41, 5.74) is 1.37. The topological polar surface area (TPSA) is 43.9 Å². The predicted octanol–water partition coefficient (Wildman–Crippen LogP) is 1.78. The number of thiophene rings is 1. The first-order valence-corrected chi connectivity index (χ1v) is 9.89. The first-order chi connectivity index (χ1) is 12.0. The minimum atomic E-state index is 0.0882. The van der Waals surface area contributed by atoms with Gasteiger partial charge in [-0.05, 0) is 51.4 Å². The Labute approximate surface area is 152 Å². The van der Waals surface area contributed by atoms with Gasteiger partial charge in [0, 0.05) is 30.6 Å². The zero-order valence-electron chi connectivity index (χ0n) is 14.9. The zero-order chi connectivity index (χ0) is 17.6. The van der Waals surface area contributed by atoms with Crippen LogP contribution in [-0.4, -0.2) is 72.3 Å². The van der Waals surface area contributed by atoms with E-state index in [2.05, 4.69) is 6.07 Å². The number of piperidine rings is 1. The number of rotatable bonds is 4. The third kappa shape index (κ3) is 3.13. The number of fused-ring (bicyclic) bond motifs is 3. The average molecular weight is 359 g/mol. The van der Waals surface area contributed by atoms with Gasteiger partial charge in [-0.2, -0.15) is 0 Å². The van der Waals surface area contributed by atoms with E-state index in [1.165, 1.54) is 16.9 Å². The highest BCUT2D eigenvalue weighted by Gasteiger charge is 2.47. The van der Waals surface area contributed by atoms with Crippen LogP contribution in [0.1, 0.15) is 33.0 Å². The number of carbonyl (C=O) groups is 2. The fourth-order valence-corrected chi connectivity index (χ4v) is 5.40. The van der Waals surface area contributed by atoms with Crippen LogP contribution in [0.25, 0.3) is 0 Å². The maximum atomic E-state index is 12.8. The Kier molecular flexibility index (Phi) is 4.41. The van der Waals surface area contributed by atoms with Crippen LogP contribution in [0.2, 0.25) is 0 Å². The van der Waals surface area contributed by atoms with Crippen molar-refractivity contribution in [3.05, 3.63) is 33.5 Å². The molecule has 2 atom stereocenters. The Hall–Kier alpha value is -1.66. The molecule has 1 aliphatic carbocycles. The van der Waals surface area contributed by atoms with Gasteiger partial charge in [0.05, 0.1) is 17.0 Å². The van der Waals surface area contributed by atoms with Gasteiger partial charge in [0.1, 0.15) is 0 Å². The number of carbonyl (C=O) groups excluding carboxylic acids is 2. The second kappa shape index (κ2) is 6.57. The Morgan fingerprint density at radius 2 is 2.04 bits per heavy atom. The smallest absolute Gasteiger partial charge is 0.264 e. The number of amides is 2. The minimum Gasteiger partial charge on any atom is -0.334 e. The number of likely N-dealkylation sites (N-methyl/N-ethyl adjacent to an activating group) is 1. The van der Waals surface area contributed by atoms with E-state index in [0.717, 1.165) is 30.7 Å². The van der Waals surface area contributed by atoms with Crippen LogP contribution in [0.15, 0.2) is 18.2 Å². The molecule has 1 aromatic rings. The molecule has 4 aliphatic rings. The Morgan fingerprint density at radius 1 is 1.28 bits per heavy atom. The van der Waals surface area contributed by atoms with Crippen molar-refractivity contribution in [2.45, 2.75) is 37.8 Å². The SMILES string of the molecule is CN(C)C/C=C/C(=O)N1C2CC1CN(C(=O)c1cc3c(s1)CCC3)C2. The summed E-state index contributed by atoms with van der Waals surface area (Å²) in [5.74, 6) is 0.245. The van der Waals surface area contributed by atoms with E-state index in [1.54, 1.807) is 17.4 Å². The van der Waals surface area contributed by atoms with Gasteiger partial charge in [0.25, 0.3) is 5.91 Å². The van der Waals surface area contributed by atoms with Gasteiger partial charge in [-0.3, -0.25) is 9.59 Å². The molecule has 5 rings (SSSR count). The van der Waals surface area contributed by atoms with Gasteiger partial charge >= 0.3 is 0 Å². The fourth-order valence-electron chi connectivity index (χ4n) is 4.18. The van der Waals surface area contributed by atoms with Crippen molar-refractivity contribution < 1.29 is 9.59 Å². The highest BCUT2D eigenvalue weighted by molar-refractivity contribution is 7.14. The van der Waals surface area contributed by atoms with Crippen LogP contribution < -0.4 is 0 Å². The maximum Gasteiger partial charge on any atom is 0.264 e. The van der Waals surface area contributed by atoms with Gasteiger partial charge in [0.15, 0.2) is 0 Å². The van der Waals surface area contributed by atoms with E-state index in [1.807, 2.05) is 34.9 Å². The van der Waals surface area contributed by atoms with Crippen molar-refractivity contribution in [3.63, 3.8) is 0 Å². The molecular weight excluding hydrogens is 334 g/mol. The Bertz CT molecular complexity index is 691. The van der Waals surface area contributed by atoms with E-state index in [4.69, 9.17) is 0 Å². The standard InChI is InChI=1S/C19H25N3O2S/c1-20(2)8-4-7-18(23)22-14-10-15(22)12-21(11-14)19(24)17-9-13-5-3-6-16(13)25-17/h4,7,9,14-15H,3,5-6,8,10-12H2,1-2H3/b7-4+. The number of hydrogen-bond acceptors (Lipinski definition) is 4. The van der Waals surface area contributed by atoms with Gasteiger partial charge in [0.2, 0.25) is 5.91 Å². The monoisotopic (exact) mass is 359 g/mol. The normalized spacial score (nSPS) is 24.8. The molecule has 5 nitrogen and oxygen atoms in total. The summed E-state index contributed by atoms with van der Waals surface area (Å²) in [4.78, 5) is 33.4. The molecule has 6 heteroatoms.